The van der Waals surface area contributed by atoms with Gasteiger partial charge in [0.2, 0.25) is 5.95 Å². The Morgan fingerprint density at radius 1 is 1.42 bits per heavy atom. The van der Waals surface area contributed by atoms with E-state index in [0.29, 0.717) is 0 Å². The number of aromatic nitrogens is 2. The van der Waals surface area contributed by atoms with E-state index in [4.69, 9.17) is 5.73 Å². The molecule has 0 fully saturated rings. The first-order valence-corrected chi connectivity index (χ1v) is 7.04. The second kappa shape index (κ2) is 6.83. The third kappa shape index (κ3) is 5.54. The van der Waals surface area contributed by atoms with E-state index in [0.717, 1.165) is 24.0 Å². The number of thioether (sulfide) groups is 1. The first kappa shape index (κ1) is 15.9. The van der Waals surface area contributed by atoms with Gasteiger partial charge in [0.05, 0.1) is 0 Å². The van der Waals surface area contributed by atoms with E-state index in [1.54, 1.807) is 11.8 Å². The lowest BCUT2D eigenvalue weighted by Crippen LogP contribution is -2.19. The molecule has 8 heteroatoms. The molecule has 108 valence electrons. The summed E-state index contributed by atoms with van der Waals surface area (Å²) in [6.07, 6.45) is -3.68. The second-order valence-corrected chi connectivity index (χ2v) is 5.42. The minimum Gasteiger partial charge on any atom is -0.368 e. The molecule has 0 amide bonds. The number of nitrogens with one attached hydrogen (secondary N) is 1. The van der Waals surface area contributed by atoms with Gasteiger partial charge in [-0.25, -0.2) is 4.98 Å². The Kier molecular flexibility index (Phi) is 5.71. The zero-order chi connectivity index (χ0) is 14.5. The lowest BCUT2D eigenvalue weighted by Gasteiger charge is -2.15. The molecule has 0 aliphatic carbocycles. The molecule has 4 nitrogen and oxygen atoms in total. The van der Waals surface area contributed by atoms with Crippen molar-refractivity contribution in [2.45, 2.75) is 32.5 Å². The quantitative estimate of drug-likeness (QED) is 0.790. The number of hydrogen-bond donors (Lipinski definition) is 2. The Morgan fingerprint density at radius 3 is 2.68 bits per heavy atom. The number of nitrogens with zero attached hydrogens (tertiary/aromatic N) is 2. The van der Waals surface area contributed by atoms with Crippen LogP contribution in [0.1, 0.15) is 26.0 Å². The smallest absolute Gasteiger partial charge is 0.368 e. The number of halogens is 3. The minimum absolute atomic E-state index is 0.0226. The molecule has 19 heavy (non-hydrogen) atoms. The van der Waals surface area contributed by atoms with Crippen LogP contribution in [0, 0.1) is 0 Å². The summed E-state index contributed by atoms with van der Waals surface area (Å²) in [6.45, 7) is 3.95. The van der Waals surface area contributed by atoms with Crippen molar-refractivity contribution in [3.8, 4) is 0 Å². The van der Waals surface area contributed by atoms with Crippen molar-refractivity contribution < 1.29 is 13.2 Å². The highest BCUT2D eigenvalue weighted by Gasteiger charge is 2.33. The first-order valence-electron chi connectivity index (χ1n) is 5.89. The van der Waals surface area contributed by atoms with Crippen molar-refractivity contribution in [1.29, 1.82) is 0 Å². The predicted octanol–water partition coefficient (Wildman–Crippen LogP) is 3.02. The summed E-state index contributed by atoms with van der Waals surface area (Å²) in [5, 5.41) is 2.91. The fourth-order valence-corrected chi connectivity index (χ4v) is 2.22. The number of nitrogen functional groups attached to an aromatic ring is 1. The van der Waals surface area contributed by atoms with Gasteiger partial charge >= 0.3 is 6.18 Å². The van der Waals surface area contributed by atoms with Gasteiger partial charge in [-0.3, -0.25) is 0 Å². The molecule has 1 rings (SSSR count). The van der Waals surface area contributed by atoms with Crippen molar-refractivity contribution in [1.82, 2.24) is 9.97 Å². The second-order valence-electron chi connectivity index (χ2n) is 4.03. The lowest BCUT2D eigenvalue weighted by molar-refractivity contribution is -0.141. The van der Waals surface area contributed by atoms with Gasteiger partial charge in [0, 0.05) is 12.1 Å². The molecular weight excluding hydrogens is 277 g/mol. The van der Waals surface area contributed by atoms with Gasteiger partial charge in [-0.2, -0.15) is 29.9 Å². The maximum absolute atomic E-state index is 12.6. The molecule has 1 heterocycles. The highest BCUT2D eigenvalue weighted by Crippen LogP contribution is 2.29. The Hall–Kier alpha value is -1.18. The van der Waals surface area contributed by atoms with E-state index in [2.05, 4.69) is 22.2 Å². The van der Waals surface area contributed by atoms with Gasteiger partial charge in [-0.1, -0.05) is 6.92 Å². The summed E-state index contributed by atoms with van der Waals surface area (Å²) in [5.41, 5.74) is 4.26. The molecule has 0 bridgehead atoms. The molecule has 0 aromatic carbocycles. The summed E-state index contributed by atoms with van der Waals surface area (Å²) >= 11 is 1.78. The fraction of sp³-hybridized carbons (Fsp3) is 0.636. The van der Waals surface area contributed by atoms with Crippen LogP contribution in [-0.4, -0.2) is 27.5 Å². The zero-order valence-electron chi connectivity index (χ0n) is 10.8. The van der Waals surface area contributed by atoms with Crippen molar-refractivity contribution in [2.24, 2.45) is 0 Å². The average molecular weight is 294 g/mol. The van der Waals surface area contributed by atoms with Crippen LogP contribution in [0.25, 0.3) is 0 Å². The Morgan fingerprint density at radius 2 is 2.11 bits per heavy atom. The van der Waals surface area contributed by atoms with Gasteiger partial charge in [-0.05, 0) is 24.9 Å². The number of nitrogens with two attached hydrogens (primary N) is 1. The summed E-state index contributed by atoms with van der Waals surface area (Å²) in [6, 6.07) is 0.897. The highest BCUT2D eigenvalue weighted by molar-refractivity contribution is 7.99. The van der Waals surface area contributed by atoms with Gasteiger partial charge in [0.15, 0.2) is 5.69 Å². The third-order valence-corrected chi connectivity index (χ3v) is 3.26. The summed E-state index contributed by atoms with van der Waals surface area (Å²) < 4.78 is 37.7. The monoisotopic (exact) mass is 294 g/mol. The van der Waals surface area contributed by atoms with Crippen LogP contribution in [0.15, 0.2) is 6.07 Å². The maximum atomic E-state index is 12.6. The van der Waals surface area contributed by atoms with Gasteiger partial charge in [0.1, 0.15) is 5.82 Å². The van der Waals surface area contributed by atoms with E-state index in [1.807, 2.05) is 6.92 Å². The Bertz CT molecular complexity index is 411. The highest BCUT2D eigenvalue weighted by atomic mass is 32.2. The van der Waals surface area contributed by atoms with E-state index in [1.165, 1.54) is 0 Å². The standard InChI is InChI=1S/C11H17F3N4S/c1-3-19-5-4-7(2)16-9-6-8(11(12,13)14)17-10(15)18-9/h6-7H,3-5H2,1-2H3,(H3,15,16,17,18). The van der Waals surface area contributed by atoms with Gasteiger partial charge in [0.25, 0.3) is 0 Å². The molecular formula is C11H17F3N4S. The average Bonchev–Trinajstić information content (AvgIpc) is 2.27. The number of alkyl halides is 3. The van der Waals surface area contributed by atoms with Crippen molar-refractivity contribution in [3.63, 3.8) is 0 Å². The van der Waals surface area contributed by atoms with Crippen LogP contribution in [0.5, 0.6) is 0 Å². The third-order valence-electron chi connectivity index (χ3n) is 2.33. The molecule has 0 saturated heterocycles. The van der Waals surface area contributed by atoms with Gasteiger partial charge in [-0.15, -0.1) is 0 Å². The molecule has 1 aromatic rings. The number of anilines is 2. The van der Waals surface area contributed by atoms with Gasteiger partial charge < -0.3 is 11.1 Å². The van der Waals surface area contributed by atoms with Crippen LogP contribution in [-0.2, 0) is 6.18 Å². The van der Waals surface area contributed by atoms with Crippen molar-refractivity contribution >= 4 is 23.5 Å². The summed E-state index contributed by atoms with van der Waals surface area (Å²) in [5.74, 6) is 1.68. The topological polar surface area (TPSA) is 63.8 Å². The van der Waals surface area contributed by atoms with Crippen molar-refractivity contribution in [3.05, 3.63) is 11.8 Å². The number of hydrogen-bond acceptors (Lipinski definition) is 5. The van der Waals surface area contributed by atoms with E-state index in [9.17, 15) is 13.2 Å². The molecule has 3 N–H and O–H groups in total. The van der Waals surface area contributed by atoms with E-state index in [-0.39, 0.29) is 17.8 Å². The molecule has 0 saturated carbocycles. The number of rotatable bonds is 6. The van der Waals surface area contributed by atoms with Crippen LogP contribution in [0.2, 0.25) is 0 Å². The Labute approximate surface area is 114 Å². The molecule has 1 aromatic heterocycles. The van der Waals surface area contributed by atoms with E-state index >= 15 is 0 Å². The van der Waals surface area contributed by atoms with E-state index < -0.39 is 11.9 Å². The summed E-state index contributed by atoms with van der Waals surface area (Å²) in [4.78, 5) is 6.95. The zero-order valence-corrected chi connectivity index (χ0v) is 11.6. The van der Waals surface area contributed by atoms with Crippen LogP contribution < -0.4 is 11.1 Å². The Balaban J connectivity index is 2.70. The summed E-state index contributed by atoms with van der Waals surface area (Å²) in [7, 11) is 0. The van der Waals surface area contributed by atoms with Crippen LogP contribution in [0.3, 0.4) is 0 Å². The largest absolute Gasteiger partial charge is 0.433 e. The maximum Gasteiger partial charge on any atom is 0.433 e. The molecule has 1 unspecified atom stereocenters. The van der Waals surface area contributed by atoms with Crippen molar-refractivity contribution in [2.75, 3.05) is 22.6 Å². The normalized spacial score (nSPS) is 13.3. The molecule has 0 aliphatic heterocycles. The molecule has 0 spiro atoms. The fourth-order valence-electron chi connectivity index (χ4n) is 1.41. The van der Waals surface area contributed by atoms with Crippen LogP contribution in [0.4, 0.5) is 24.9 Å². The molecule has 1 atom stereocenters. The SMILES string of the molecule is CCSCCC(C)Nc1cc(C(F)(F)F)nc(N)n1. The minimum atomic E-state index is -4.52. The lowest BCUT2D eigenvalue weighted by atomic mass is 10.2. The molecule has 0 radical (unpaired) electrons. The molecule has 0 aliphatic rings. The first-order chi connectivity index (χ1) is 8.82. The predicted molar refractivity (Wildman–Crippen MR) is 72.1 cm³/mol. The van der Waals surface area contributed by atoms with Crippen LogP contribution >= 0.6 is 11.8 Å².